The van der Waals surface area contributed by atoms with Gasteiger partial charge in [-0.2, -0.15) is 0 Å². The predicted octanol–water partition coefficient (Wildman–Crippen LogP) is 0.923. The second kappa shape index (κ2) is 7.39. The Bertz CT molecular complexity index is 329. The Morgan fingerprint density at radius 2 is 2.47 bits per heavy atom. The minimum absolute atomic E-state index is 0.329. The molecule has 0 fully saturated rings. The zero-order chi connectivity index (χ0) is 12.7. The SMILES string of the molecule is CC(Cc1cccs1)N(C)CCC(=O)ONN. The number of thiophene rings is 1. The lowest BCUT2D eigenvalue weighted by molar-refractivity contribution is -0.151. The minimum atomic E-state index is -0.345. The van der Waals surface area contributed by atoms with E-state index in [9.17, 15) is 4.79 Å². The third kappa shape index (κ3) is 5.27. The van der Waals surface area contributed by atoms with Crippen molar-refractivity contribution in [1.82, 2.24) is 10.5 Å². The summed E-state index contributed by atoms with van der Waals surface area (Å²) in [6, 6.07) is 4.57. The molecule has 1 atom stereocenters. The molecule has 0 aliphatic carbocycles. The van der Waals surface area contributed by atoms with Gasteiger partial charge in [0.2, 0.25) is 0 Å². The zero-order valence-electron chi connectivity index (χ0n) is 10.2. The number of hydrogen-bond acceptors (Lipinski definition) is 6. The Kier molecular flexibility index (Phi) is 6.13. The van der Waals surface area contributed by atoms with E-state index in [2.05, 4.69) is 34.2 Å². The molecule has 3 N–H and O–H groups in total. The Labute approximate surface area is 105 Å². The molecule has 0 bridgehead atoms. The molecule has 0 aliphatic rings. The van der Waals surface area contributed by atoms with E-state index >= 15 is 0 Å². The van der Waals surface area contributed by atoms with Gasteiger partial charge in [0.15, 0.2) is 0 Å². The molecule has 0 aromatic carbocycles. The van der Waals surface area contributed by atoms with E-state index < -0.39 is 0 Å². The van der Waals surface area contributed by atoms with Crippen molar-refractivity contribution in [1.29, 1.82) is 0 Å². The third-order valence-corrected chi connectivity index (χ3v) is 3.57. The molecule has 96 valence electrons. The van der Waals surface area contributed by atoms with E-state index in [0.29, 0.717) is 19.0 Å². The fraction of sp³-hybridized carbons (Fsp3) is 0.545. The summed E-state index contributed by atoms with van der Waals surface area (Å²) in [6.45, 7) is 2.80. The Balaban J connectivity index is 2.27. The highest BCUT2D eigenvalue weighted by molar-refractivity contribution is 7.09. The highest BCUT2D eigenvalue weighted by Crippen LogP contribution is 2.13. The van der Waals surface area contributed by atoms with Crippen LogP contribution in [0.5, 0.6) is 0 Å². The van der Waals surface area contributed by atoms with Crippen molar-refractivity contribution in [3.05, 3.63) is 22.4 Å². The minimum Gasteiger partial charge on any atom is -0.356 e. The fourth-order valence-electron chi connectivity index (χ4n) is 1.48. The van der Waals surface area contributed by atoms with Crippen LogP contribution in [0.4, 0.5) is 0 Å². The van der Waals surface area contributed by atoms with E-state index in [1.165, 1.54) is 4.88 Å². The van der Waals surface area contributed by atoms with Crippen molar-refractivity contribution in [3.8, 4) is 0 Å². The lowest BCUT2D eigenvalue weighted by atomic mass is 10.2. The van der Waals surface area contributed by atoms with Crippen LogP contribution in [0.25, 0.3) is 0 Å². The predicted molar refractivity (Wildman–Crippen MR) is 68.1 cm³/mol. The second-order valence-electron chi connectivity index (χ2n) is 3.96. The van der Waals surface area contributed by atoms with E-state index in [0.717, 1.165) is 6.42 Å². The average Bonchev–Trinajstić information content (AvgIpc) is 2.79. The van der Waals surface area contributed by atoms with E-state index in [4.69, 9.17) is 5.84 Å². The number of carbonyl (C=O) groups excluding carboxylic acids is 1. The molecule has 6 heteroatoms. The number of hydrazine groups is 1. The third-order valence-electron chi connectivity index (χ3n) is 2.67. The van der Waals surface area contributed by atoms with Crippen LogP contribution in [0, 0.1) is 0 Å². The van der Waals surface area contributed by atoms with Crippen molar-refractivity contribution in [2.24, 2.45) is 5.84 Å². The van der Waals surface area contributed by atoms with Gasteiger partial charge in [-0.3, -0.25) is 4.79 Å². The molecule has 0 spiro atoms. The lowest BCUT2D eigenvalue weighted by Crippen LogP contribution is -2.34. The molecule has 0 saturated carbocycles. The van der Waals surface area contributed by atoms with Crippen LogP contribution in [0.15, 0.2) is 17.5 Å². The Hall–Kier alpha value is -0.950. The van der Waals surface area contributed by atoms with Crippen LogP contribution in [0.1, 0.15) is 18.2 Å². The van der Waals surface area contributed by atoms with Gasteiger partial charge in [0.05, 0.1) is 6.42 Å². The summed E-state index contributed by atoms with van der Waals surface area (Å²) in [4.78, 5) is 19.0. The molecule has 0 radical (unpaired) electrons. The van der Waals surface area contributed by atoms with Crippen LogP contribution in [-0.4, -0.2) is 30.5 Å². The van der Waals surface area contributed by atoms with Gasteiger partial charge >= 0.3 is 5.97 Å². The quantitative estimate of drug-likeness (QED) is 0.561. The van der Waals surface area contributed by atoms with E-state index in [1.807, 2.05) is 12.6 Å². The van der Waals surface area contributed by atoms with Crippen molar-refractivity contribution < 1.29 is 9.63 Å². The van der Waals surface area contributed by atoms with Crippen molar-refractivity contribution in [2.75, 3.05) is 13.6 Å². The molecular weight excluding hydrogens is 238 g/mol. The molecule has 0 aliphatic heterocycles. The number of carbonyl (C=O) groups is 1. The maximum atomic E-state index is 11.1. The normalized spacial score (nSPS) is 12.7. The molecule has 17 heavy (non-hydrogen) atoms. The summed E-state index contributed by atoms with van der Waals surface area (Å²) >= 11 is 1.76. The van der Waals surface area contributed by atoms with E-state index in [-0.39, 0.29) is 5.97 Å². The molecule has 1 heterocycles. The molecule has 1 aromatic rings. The summed E-state index contributed by atoms with van der Waals surface area (Å²) in [5.41, 5.74) is 1.89. The maximum absolute atomic E-state index is 11.1. The first kappa shape index (κ1) is 14.1. The molecule has 5 nitrogen and oxygen atoms in total. The highest BCUT2D eigenvalue weighted by atomic mass is 32.1. The van der Waals surface area contributed by atoms with Gasteiger partial charge in [0, 0.05) is 17.5 Å². The van der Waals surface area contributed by atoms with Gasteiger partial charge in [-0.05, 0) is 31.8 Å². The number of likely N-dealkylation sites (N-methyl/N-ethyl adjacent to an activating group) is 1. The van der Waals surface area contributed by atoms with Gasteiger partial charge in [-0.25, -0.2) is 5.84 Å². The summed E-state index contributed by atoms with van der Waals surface area (Å²) in [6.07, 6.45) is 1.33. The topological polar surface area (TPSA) is 67.6 Å². The summed E-state index contributed by atoms with van der Waals surface area (Å²) < 4.78 is 0. The lowest BCUT2D eigenvalue weighted by Gasteiger charge is -2.23. The number of nitrogens with two attached hydrogens (primary N) is 1. The van der Waals surface area contributed by atoms with Crippen LogP contribution in [0.3, 0.4) is 0 Å². The fourth-order valence-corrected chi connectivity index (χ4v) is 2.31. The summed E-state index contributed by atoms with van der Waals surface area (Å²) in [5.74, 6) is 4.54. The first-order valence-corrected chi connectivity index (χ1v) is 6.39. The molecule has 1 aromatic heterocycles. The second-order valence-corrected chi connectivity index (χ2v) is 4.99. The van der Waals surface area contributed by atoms with Crippen LogP contribution < -0.4 is 11.4 Å². The van der Waals surface area contributed by atoms with Crippen LogP contribution in [0.2, 0.25) is 0 Å². The zero-order valence-corrected chi connectivity index (χ0v) is 11.0. The van der Waals surface area contributed by atoms with Crippen molar-refractivity contribution in [2.45, 2.75) is 25.8 Å². The first-order valence-electron chi connectivity index (χ1n) is 5.51. The van der Waals surface area contributed by atoms with Gasteiger partial charge in [-0.1, -0.05) is 11.7 Å². The van der Waals surface area contributed by atoms with Gasteiger partial charge in [0.25, 0.3) is 0 Å². The standard InChI is InChI=1S/C11H19N3O2S/c1-9(8-10-4-3-7-17-10)14(2)6-5-11(15)16-13-12/h3-4,7,9,13H,5-6,8,12H2,1-2H3. The number of rotatable bonds is 7. The van der Waals surface area contributed by atoms with Gasteiger partial charge < -0.3 is 9.74 Å². The molecule has 0 saturated heterocycles. The number of nitrogens with zero attached hydrogens (tertiary/aromatic N) is 1. The molecule has 1 unspecified atom stereocenters. The maximum Gasteiger partial charge on any atom is 0.327 e. The van der Waals surface area contributed by atoms with E-state index in [1.54, 1.807) is 11.3 Å². The Morgan fingerprint density at radius 1 is 1.71 bits per heavy atom. The summed E-state index contributed by atoms with van der Waals surface area (Å²) in [7, 11) is 2.00. The van der Waals surface area contributed by atoms with Gasteiger partial charge in [0.1, 0.15) is 0 Å². The molecule has 0 amide bonds. The number of nitrogens with one attached hydrogen (secondary N) is 1. The smallest absolute Gasteiger partial charge is 0.327 e. The molecular formula is C11H19N3O2S. The van der Waals surface area contributed by atoms with Crippen molar-refractivity contribution >= 4 is 17.3 Å². The van der Waals surface area contributed by atoms with Crippen LogP contribution in [-0.2, 0) is 16.1 Å². The summed E-state index contributed by atoms with van der Waals surface area (Å²) in [5, 5.41) is 2.08. The monoisotopic (exact) mass is 257 g/mol. The largest absolute Gasteiger partial charge is 0.356 e. The Morgan fingerprint density at radius 3 is 3.06 bits per heavy atom. The number of hydrogen-bond donors (Lipinski definition) is 2. The van der Waals surface area contributed by atoms with Gasteiger partial charge in [-0.15, -0.1) is 11.3 Å². The molecule has 1 rings (SSSR count). The average molecular weight is 257 g/mol. The van der Waals surface area contributed by atoms with Crippen LogP contribution >= 0.6 is 11.3 Å². The first-order chi connectivity index (χ1) is 8.13. The highest BCUT2D eigenvalue weighted by Gasteiger charge is 2.12. The van der Waals surface area contributed by atoms with Crippen molar-refractivity contribution in [3.63, 3.8) is 0 Å².